The van der Waals surface area contributed by atoms with E-state index in [0.717, 1.165) is 10.5 Å². The third-order valence-corrected chi connectivity index (χ3v) is 4.89. The minimum Gasteiger partial charge on any atom is -0.346 e. The van der Waals surface area contributed by atoms with Crippen molar-refractivity contribution in [3.63, 3.8) is 0 Å². The van der Waals surface area contributed by atoms with Gasteiger partial charge >= 0.3 is 0 Å². The zero-order valence-electron chi connectivity index (χ0n) is 12.6. The lowest BCUT2D eigenvalue weighted by Gasteiger charge is -2.13. The van der Waals surface area contributed by atoms with Crippen molar-refractivity contribution in [3.8, 4) is 0 Å². The average molecular weight is 308 g/mol. The number of hydrogen-bond donors (Lipinski definition) is 0. The van der Waals surface area contributed by atoms with Crippen molar-refractivity contribution in [1.29, 1.82) is 0 Å². The Kier molecular flexibility index (Phi) is 4.39. The highest BCUT2D eigenvalue weighted by Crippen LogP contribution is 2.33. The standard InChI is InChI=1S/C15H20N2OS2/c1-6-16-14(18)13(20-15(16)19)8-12-7-10(4)17(9(2)3)11(12)5/h7-9H,6H2,1-5H3/b13-8-. The summed E-state index contributed by atoms with van der Waals surface area (Å²) in [6.07, 6.45) is 1.97. The van der Waals surface area contributed by atoms with Crippen LogP contribution >= 0.6 is 24.0 Å². The summed E-state index contributed by atoms with van der Waals surface area (Å²) in [4.78, 5) is 14.6. The first-order chi connectivity index (χ1) is 9.36. The van der Waals surface area contributed by atoms with Gasteiger partial charge in [-0.1, -0.05) is 24.0 Å². The number of nitrogens with zero attached hydrogens (tertiary/aromatic N) is 2. The topological polar surface area (TPSA) is 25.2 Å². The Morgan fingerprint density at radius 1 is 1.40 bits per heavy atom. The molecule has 0 unspecified atom stereocenters. The van der Waals surface area contributed by atoms with Crippen molar-refractivity contribution >= 4 is 40.3 Å². The van der Waals surface area contributed by atoms with Crippen molar-refractivity contribution in [2.24, 2.45) is 0 Å². The van der Waals surface area contributed by atoms with Crippen LogP contribution in [-0.2, 0) is 4.79 Å². The monoisotopic (exact) mass is 308 g/mol. The first kappa shape index (κ1) is 15.3. The summed E-state index contributed by atoms with van der Waals surface area (Å²) in [6, 6.07) is 2.55. The lowest BCUT2D eigenvalue weighted by Crippen LogP contribution is -2.27. The average Bonchev–Trinajstić information content (AvgIpc) is 2.78. The first-order valence-corrected chi connectivity index (χ1v) is 8.03. The minimum absolute atomic E-state index is 0.0249. The van der Waals surface area contributed by atoms with Crippen LogP contribution in [-0.4, -0.2) is 26.2 Å². The van der Waals surface area contributed by atoms with Crippen LogP contribution in [0.1, 0.15) is 43.8 Å². The lowest BCUT2D eigenvalue weighted by atomic mass is 10.2. The second-order valence-electron chi connectivity index (χ2n) is 5.22. The van der Waals surface area contributed by atoms with E-state index in [4.69, 9.17) is 12.2 Å². The van der Waals surface area contributed by atoms with E-state index in [1.165, 1.54) is 23.1 Å². The number of carbonyl (C=O) groups excluding carboxylic acids is 1. The van der Waals surface area contributed by atoms with E-state index in [1.807, 2.05) is 13.0 Å². The fraction of sp³-hybridized carbons (Fsp3) is 0.467. The Hall–Kier alpha value is -1.07. The van der Waals surface area contributed by atoms with Crippen molar-refractivity contribution in [1.82, 2.24) is 9.47 Å². The number of aromatic nitrogens is 1. The molecule has 1 fully saturated rings. The molecule has 20 heavy (non-hydrogen) atoms. The van der Waals surface area contributed by atoms with E-state index in [2.05, 4.69) is 38.3 Å². The number of hydrogen-bond acceptors (Lipinski definition) is 3. The van der Waals surface area contributed by atoms with Gasteiger partial charge in [0.05, 0.1) is 4.91 Å². The minimum atomic E-state index is 0.0249. The number of likely N-dealkylation sites (N-methyl/N-ethyl adjacent to an activating group) is 1. The van der Waals surface area contributed by atoms with E-state index in [-0.39, 0.29) is 5.91 Å². The SMILES string of the molecule is CCN1C(=O)/C(=C/c2cc(C)n(C(C)C)c2C)SC1=S. The summed E-state index contributed by atoms with van der Waals surface area (Å²) in [6.45, 7) is 11.1. The summed E-state index contributed by atoms with van der Waals surface area (Å²) in [7, 11) is 0. The third-order valence-electron chi connectivity index (χ3n) is 3.52. The number of amides is 1. The maximum atomic E-state index is 12.2. The molecule has 108 valence electrons. The highest BCUT2D eigenvalue weighted by Gasteiger charge is 2.30. The highest BCUT2D eigenvalue weighted by molar-refractivity contribution is 8.26. The number of thioether (sulfide) groups is 1. The Morgan fingerprint density at radius 3 is 2.50 bits per heavy atom. The predicted molar refractivity (Wildman–Crippen MR) is 89.8 cm³/mol. The Bertz CT molecular complexity index is 599. The molecule has 1 aliphatic heterocycles. The fourth-order valence-electron chi connectivity index (χ4n) is 2.66. The molecule has 0 N–H and O–H groups in total. The molecule has 3 nitrogen and oxygen atoms in total. The number of thiocarbonyl (C=S) groups is 1. The molecule has 1 aromatic rings. The molecule has 0 spiro atoms. The van der Waals surface area contributed by atoms with Crippen LogP contribution in [0.4, 0.5) is 0 Å². The van der Waals surface area contributed by atoms with E-state index >= 15 is 0 Å². The Balaban J connectivity index is 2.40. The van der Waals surface area contributed by atoms with Crippen LogP contribution in [0.2, 0.25) is 0 Å². The maximum absolute atomic E-state index is 12.2. The molecule has 0 aliphatic carbocycles. The van der Waals surface area contributed by atoms with Crippen LogP contribution in [0.25, 0.3) is 6.08 Å². The molecule has 2 rings (SSSR count). The number of aryl methyl sites for hydroxylation is 1. The van der Waals surface area contributed by atoms with Crippen LogP contribution in [0.15, 0.2) is 11.0 Å². The van der Waals surface area contributed by atoms with E-state index in [1.54, 1.807) is 4.90 Å². The molecule has 1 amide bonds. The number of rotatable bonds is 3. The summed E-state index contributed by atoms with van der Waals surface area (Å²) in [5.74, 6) is 0.0249. The summed E-state index contributed by atoms with van der Waals surface area (Å²) in [5.41, 5.74) is 3.52. The molecule has 0 saturated carbocycles. The van der Waals surface area contributed by atoms with Gasteiger partial charge in [0, 0.05) is 24.0 Å². The fourth-order valence-corrected chi connectivity index (χ4v) is 4.03. The van der Waals surface area contributed by atoms with Crippen molar-refractivity contribution in [2.75, 3.05) is 6.54 Å². The lowest BCUT2D eigenvalue weighted by molar-refractivity contribution is -0.121. The van der Waals surface area contributed by atoms with Crippen LogP contribution < -0.4 is 0 Å². The van der Waals surface area contributed by atoms with Gasteiger partial charge in [-0.2, -0.15) is 0 Å². The normalized spacial score (nSPS) is 17.9. The van der Waals surface area contributed by atoms with Gasteiger partial charge in [-0.15, -0.1) is 0 Å². The van der Waals surface area contributed by atoms with Crippen molar-refractivity contribution in [2.45, 2.75) is 40.7 Å². The van der Waals surface area contributed by atoms with Gasteiger partial charge in [0.2, 0.25) is 0 Å². The molecule has 0 atom stereocenters. The van der Waals surface area contributed by atoms with Gasteiger partial charge in [-0.25, -0.2) is 0 Å². The van der Waals surface area contributed by atoms with Gasteiger partial charge in [0.1, 0.15) is 4.32 Å². The van der Waals surface area contributed by atoms with Gasteiger partial charge in [-0.3, -0.25) is 9.69 Å². The summed E-state index contributed by atoms with van der Waals surface area (Å²) >= 11 is 6.63. The van der Waals surface area contributed by atoms with Crippen molar-refractivity contribution < 1.29 is 4.79 Å². The van der Waals surface area contributed by atoms with E-state index in [0.29, 0.717) is 16.9 Å². The van der Waals surface area contributed by atoms with E-state index < -0.39 is 0 Å². The predicted octanol–water partition coefficient (Wildman–Crippen LogP) is 3.91. The molecule has 0 aromatic carbocycles. The van der Waals surface area contributed by atoms with Gasteiger partial charge in [-0.05, 0) is 52.3 Å². The maximum Gasteiger partial charge on any atom is 0.266 e. The van der Waals surface area contributed by atoms with Crippen molar-refractivity contribution in [3.05, 3.63) is 27.9 Å². The van der Waals surface area contributed by atoms with Gasteiger partial charge < -0.3 is 4.57 Å². The third kappa shape index (κ3) is 2.56. The quantitative estimate of drug-likeness (QED) is 0.625. The number of carbonyl (C=O) groups is 1. The zero-order valence-corrected chi connectivity index (χ0v) is 14.2. The Morgan fingerprint density at radius 2 is 2.05 bits per heavy atom. The van der Waals surface area contributed by atoms with Crippen LogP contribution in [0, 0.1) is 13.8 Å². The smallest absolute Gasteiger partial charge is 0.266 e. The molecule has 1 aliphatic rings. The van der Waals surface area contributed by atoms with Crippen LogP contribution in [0.3, 0.4) is 0 Å². The molecule has 5 heteroatoms. The molecular formula is C15H20N2OS2. The Labute approximate surface area is 130 Å². The molecule has 1 aromatic heterocycles. The molecule has 1 saturated heterocycles. The second kappa shape index (κ2) is 5.74. The zero-order chi connectivity index (χ0) is 15.0. The molecule has 0 radical (unpaired) electrons. The highest BCUT2D eigenvalue weighted by atomic mass is 32.2. The summed E-state index contributed by atoms with van der Waals surface area (Å²) < 4.78 is 2.94. The molecular weight excluding hydrogens is 288 g/mol. The molecule has 2 heterocycles. The largest absolute Gasteiger partial charge is 0.346 e. The molecule has 0 bridgehead atoms. The van der Waals surface area contributed by atoms with Gasteiger partial charge in [0.15, 0.2) is 0 Å². The van der Waals surface area contributed by atoms with Gasteiger partial charge in [0.25, 0.3) is 5.91 Å². The second-order valence-corrected chi connectivity index (χ2v) is 6.89. The summed E-state index contributed by atoms with van der Waals surface area (Å²) in [5, 5.41) is 0. The van der Waals surface area contributed by atoms with Crippen LogP contribution in [0.5, 0.6) is 0 Å². The first-order valence-electron chi connectivity index (χ1n) is 6.80. The van der Waals surface area contributed by atoms with E-state index in [9.17, 15) is 4.79 Å².